The van der Waals surface area contributed by atoms with Gasteiger partial charge in [-0.3, -0.25) is 0 Å². The molecule has 0 amide bonds. The fourth-order valence-electron chi connectivity index (χ4n) is 7.85. The van der Waals surface area contributed by atoms with Gasteiger partial charge >= 0.3 is 0 Å². The predicted octanol–water partition coefficient (Wildman–Crippen LogP) is 13.7. The summed E-state index contributed by atoms with van der Waals surface area (Å²) in [6.45, 7) is 0. The van der Waals surface area contributed by atoms with Gasteiger partial charge in [0.1, 0.15) is 22.3 Å². The predicted molar refractivity (Wildman–Crippen MR) is 227 cm³/mol. The first kappa shape index (κ1) is 31.9. The molecular formula is C51H31N3O2. The van der Waals surface area contributed by atoms with Crippen molar-refractivity contribution in [2.75, 3.05) is 0 Å². The van der Waals surface area contributed by atoms with E-state index in [2.05, 4.69) is 115 Å². The van der Waals surface area contributed by atoms with Gasteiger partial charge in [-0.15, -0.1) is 0 Å². The van der Waals surface area contributed by atoms with Gasteiger partial charge in [-0.25, -0.2) is 15.0 Å². The van der Waals surface area contributed by atoms with Crippen LogP contribution in [0.25, 0.3) is 111 Å². The van der Waals surface area contributed by atoms with Crippen molar-refractivity contribution in [3.63, 3.8) is 0 Å². The van der Waals surface area contributed by atoms with Gasteiger partial charge in [0.05, 0.1) is 11.1 Å². The SMILES string of the molecule is c1ccc(-c2ccc(-c3ccc(-c4ccccc4)c(-c4nc(-c5cccc6c5oc5ccccc56)nc(-c5cccc6c5oc5ccccc56)n4)c3)cc2)cc1. The molecule has 3 aromatic heterocycles. The summed E-state index contributed by atoms with van der Waals surface area (Å²) in [6.07, 6.45) is 0. The first-order valence-electron chi connectivity index (χ1n) is 18.7. The lowest BCUT2D eigenvalue weighted by atomic mass is 9.93. The number of para-hydroxylation sites is 4. The second-order valence-electron chi connectivity index (χ2n) is 13.9. The van der Waals surface area contributed by atoms with Crippen LogP contribution in [0, 0.1) is 0 Å². The quantitative estimate of drug-likeness (QED) is 0.171. The molecule has 0 saturated heterocycles. The molecule has 0 aliphatic rings. The van der Waals surface area contributed by atoms with Crippen molar-refractivity contribution < 1.29 is 8.83 Å². The highest BCUT2D eigenvalue weighted by Gasteiger charge is 2.22. The largest absolute Gasteiger partial charge is 0.455 e. The third-order valence-corrected chi connectivity index (χ3v) is 10.6. The van der Waals surface area contributed by atoms with Gasteiger partial charge in [0.2, 0.25) is 0 Å². The van der Waals surface area contributed by atoms with Crippen molar-refractivity contribution in [2.45, 2.75) is 0 Å². The Kier molecular flexibility index (Phi) is 7.42. The van der Waals surface area contributed by atoms with Crippen LogP contribution in [0.15, 0.2) is 197 Å². The monoisotopic (exact) mass is 717 g/mol. The van der Waals surface area contributed by atoms with Crippen molar-refractivity contribution in [3.8, 4) is 67.5 Å². The maximum absolute atomic E-state index is 6.53. The van der Waals surface area contributed by atoms with Crippen LogP contribution < -0.4 is 0 Å². The molecule has 8 aromatic carbocycles. The lowest BCUT2D eigenvalue weighted by molar-refractivity contribution is 0.669. The van der Waals surface area contributed by atoms with Gasteiger partial charge in [0, 0.05) is 27.1 Å². The van der Waals surface area contributed by atoms with E-state index in [4.69, 9.17) is 23.8 Å². The van der Waals surface area contributed by atoms with E-state index in [0.29, 0.717) is 17.5 Å². The summed E-state index contributed by atoms with van der Waals surface area (Å²) in [5.74, 6) is 1.58. The molecule has 0 unspecified atom stereocenters. The van der Waals surface area contributed by atoms with E-state index >= 15 is 0 Å². The number of nitrogens with zero attached hydrogens (tertiary/aromatic N) is 3. The lowest BCUT2D eigenvalue weighted by Crippen LogP contribution is -2.02. The number of benzene rings is 8. The normalized spacial score (nSPS) is 11.6. The molecular weight excluding hydrogens is 687 g/mol. The molecule has 56 heavy (non-hydrogen) atoms. The second kappa shape index (κ2) is 13.0. The number of furan rings is 2. The van der Waals surface area contributed by atoms with E-state index in [0.717, 1.165) is 82.8 Å². The van der Waals surface area contributed by atoms with Crippen molar-refractivity contribution in [1.29, 1.82) is 0 Å². The molecule has 0 bridgehead atoms. The number of rotatable bonds is 6. The highest BCUT2D eigenvalue weighted by Crippen LogP contribution is 2.40. The Morgan fingerprint density at radius 3 is 1.23 bits per heavy atom. The van der Waals surface area contributed by atoms with E-state index < -0.39 is 0 Å². The van der Waals surface area contributed by atoms with E-state index in [1.807, 2.05) is 72.8 Å². The number of fused-ring (bicyclic) bond motifs is 6. The van der Waals surface area contributed by atoms with Crippen LogP contribution in [0.5, 0.6) is 0 Å². The number of aromatic nitrogens is 3. The minimum absolute atomic E-state index is 0.513. The molecule has 0 N–H and O–H groups in total. The van der Waals surface area contributed by atoms with E-state index in [9.17, 15) is 0 Å². The van der Waals surface area contributed by atoms with Gasteiger partial charge in [0.15, 0.2) is 17.5 Å². The Balaban J connectivity index is 1.16. The van der Waals surface area contributed by atoms with Crippen LogP contribution >= 0.6 is 0 Å². The molecule has 11 rings (SSSR count). The summed E-state index contributed by atoms with van der Waals surface area (Å²) in [5.41, 5.74) is 12.1. The molecule has 0 aliphatic heterocycles. The zero-order valence-electron chi connectivity index (χ0n) is 30.1. The molecule has 0 saturated carbocycles. The molecule has 0 fully saturated rings. The summed E-state index contributed by atoms with van der Waals surface area (Å²) in [7, 11) is 0. The lowest BCUT2D eigenvalue weighted by Gasteiger charge is -2.14. The van der Waals surface area contributed by atoms with Gasteiger partial charge < -0.3 is 8.83 Å². The van der Waals surface area contributed by atoms with Crippen LogP contribution in [0.2, 0.25) is 0 Å². The van der Waals surface area contributed by atoms with Gasteiger partial charge in [-0.2, -0.15) is 0 Å². The molecule has 0 atom stereocenters. The first-order chi connectivity index (χ1) is 27.7. The van der Waals surface area contributed by atoms with Crippen LogP contribution in [0.4, 0.5) is 0 Å². The Labute approximate surface area is 322 Å². The molecule has 0 spiro atoms. The Morgan fingerprint density at radius 2 is 0.679 bits per heavy atom. The summed E-state index contributed by atoms with van der Waals surface area (Å²) in [5, 5.41) is 4.10. The molecule has 5 nitrogen and oxygen atoms in total. The molecule has 0 aliphatic carbocycles. The average Bonchev–Trinajstić information content (AvgIpc) is 3.86. The van der Waals surface area contributed by atoms with Gasteiger partial charge in [0.25, 0.3) is 0 Å². The van der Waals surface area contributed by atoms with Gasteiger partial charge in [-0.05, 0) is 63.7 Å². The third-order valence-electron chi connectivity index (χ3n) is 10.6. The molecule has 0 radical (unpaired) electrons. The van der Waals surface area contributed by atoms with Crippen molar-refractivity contribution in [3.05, 3.63) is 188 Å². The smallest absolute Gasteiger partial charge is 0.167 e. The van der Waals surface area contributed by atoms with Crippen LogP contribution in [-0.2, 0) is 0 Å². The van der Waals surface area contributed by atoms with E-state index in [1.54, 1.807) is 0 Å². The average molecular weight is 718 g/mol. The maximum atomic E-state index is 6.53. The van der Waals surface area contributed by atoms with Gasteiger partial charge in [-0.1, -0.05) is 158 Å². The Hall–Kier alpha value is -7.63. The first-order valence-corrected chi connectivity index (χ1v) is 18.7. The fraction of sp³-hybridized carbons (Fsp3) is 0. The minimum atomic E-state index is 0.513. The second-order valence-corrected chi connectivity index (χ2v) is 13.9. The Bertz CT molecular complexity index is 3110. The zero-order valence-corrected chi connectivity index (χ0v) is 30.1. The molecule has 262 valence electrons. The molecule has 3 heterocycles. The van der Waals surface area contributed by atoms with E-state index in [-0.39, 0.29) is 0 Å². The molecule has 5 heteroatoms. The van der Waals surface area contributed by atoms with Crippen molar-refractivity contribution in [2.24, 2.45) is 0 Å². The minimum Gasteiger partial charge on any atom is -0.455 e. The van der Waals surface area contributed by atoms with E-state index in [1.165, 1.54) is 11.1 Å². The Morgan fingerprint density at radius 1 is 0.268 bits per heavy atom. The molecule has 11 aromatic rings. The van der Waals surface area contributed by atoms with Crippen LogP contribution in [-0.4, -0.2) is 15.0 Å². The zero-order chi connectivity index (χ0) is 37.0. The number of hydrogen-bond acceptors (Lipinski definition) is 5. The van der Waals surface area contributed by atoms with Crippen molar-refractivity contribution in [1.82, 2.24) is 15.0 Å². The summed E-state index contributed by atoms with van der Waals surface area (Å²) in [4.78, 5) is 15.8. The summed E-state index contributed by atoms with van der Waals surface area (Å²) in [6, 6.07) is 64.6. The highest BCUT2D eigenvalue weighted by atomic mass is 16.3. The topological polar surface area (TPSA) is 65.0 Å². The summed E-state index contributed by atoms with van der Waals surface area (Å²) < 4.78 is 13.1. The van der Waals surface area contributed by atoms with Crippen molar-refractivity contribution >= 4 is 43.9 Å². The third kappa shape index (κ3) is 5.37. The van der Waals surface area contributed by atoms with Crippen LogP contribution in [0.1, 0.15) is 0 Å². The maximum Gasteiger partial charge on any atom is 0.167 e. The fourth-order valence-corrected chi connectivity index (χ4v) is 7.85. The standard InChI is InChI=1S/C51H31N3O2/c1-3-13-32(14-4-1)33-25-27-34(28-26-33)36-29-30-37(35-15-5-2-6-16-35)44(31-36)51-53-49(42-21-11-19-40-38-17-7-9-23-45(38)55-47(40)42)52-50(54-51)43-22-12-20-41-39-18-8-10-24-46(39)56-48(41)43/h1-31H. The summed E-state index contributed by atoms with van der Waals surface area (Å²) >= 11 is 0. The number of hydrogen-bond donors (Lipinski definition) is 0. The highest BCUT2D eigenvalue weighted by molar-refractivity contribution is 6.10. The van der Waals surface area contributed by atoms with Crippen LogP contribution in [0.3, 0.4) is 0 Å².